The summed E-state index contributed by atoms with van der Waals surface area (Å²) in [6.45, 7) is 2.29. The smallest absolute Gasteiger partial charge is 0.206 e. The van der Waals surface area contributed by atoms with Crippen LogP contribution in [0.4, 0.5) is 0 Å². The lowest BCUT2D eigenvalue weighted by Crippen LogP contribution is -2.22. The first-order valence-electron chi connectivity index (χ1n) is 6.13. The molecule has 4 nitrogen and oxygen atoms in total. The number of hydrogen-bond donors (Lipinski definition) is 1. The molecular formula is C14H14N2O2S2. The zero-order chi connectivity index (χ0) is 14.6. The third-order valence-electron chi connectivity index (χ3n) is 2.91. The summed E-state index contributed by atoms with van der Waals surface area (Å²) in [5, 5.41) is 8.74. The first kappa shape index (κ1) is 14.7. The van der Waals surface area contributed by atoms with Crippen molar-refractivity contribution in [1.29, 1.82) is 5.26 Å². The quantitative estimate of drug-likeness (QED) is 0.923. The van der Waals surface area contributed by atoms with Gasteiger partial charge in [0.05, 0.1) is 0 Å². The Bertz CT molecular complexity index is 743. The minimum atomic E-state index is -3.56. The van der Waals surface area contributed by atoms with E-state index < -0.39 is 10.0 Å². The Balaban J connectivity index is 2.15. The Hall–Kier alpha value is -1.68. The predicted octanol–water partition coefficient (Wildman–Crippen LogP) is 2.66. The number of nitrogens with one attached hydrogen (secondary N) is 1. The number of benzene rings is 1. The zero-order valence-corrected chi connectivity index (χ0v) is 12.6. The number of aryl methyl sites for hydroxylation is 1. The van der Waals surface area contributed by atoms with Crippen molar-refractivity contribution < 1.29 is 8.42 Å². The molecule has 0 spiro atoms. The summed E-state index contributed by atoms with van der Waals surface area (Å²) in [7, 11) is -3.56. The number of rotatable bonds is 5. The van der Waals surface area contributed by atoms with E-state index in [9.17, 15) is 8.42 Å². The van der Waals surface area contributed by atoms with Crippen molar-refractivity contribution in [3.63, 3.8) is 0 Å². The summed E-state index contributed by atoms with van der Waals surface area (Å²) < 4.78 is 27.0. The number of nitriles is 1. The average Bonchev–Trinajstić information content (AvgIpc) is 2.95. The molecule has 104 valence electrons. The third kappa shape index (κ3) is 3.25. The molecule has 0 radical (unpaired) electrons. The first-order valence-corrected chi connectivity index (χ1v) is 8.43. The van der Waals surface area contributed by atoms with E-state index in [1.807, 2.05) is 37.3 Å². The maximum atomic E-state index is 12.1. The van der Waals surface area contributed by atoms with Gasteiger partial charge in [0.25, 0.3) is 0 Å². The molecule has 0 bridgehead atoms. The number of sulfonamides is 1. The van der Waals surface area contributed by atoms with Gasteiger partial charge in [0.15, 0.2) is 0 Å². The molecule has 0 atom stereocenters. The summed E-state index contributed by atoms with van der Waals surface area (Å²) in [6.07, 6.45) is 0.857. The molecule has 1 aromatic heterocycles. The Morgan fingerprint density at radius 1 is 1.20 bits per heavy atom. The van der Waals surface area contributed by atoms with Crippen molar-refractivity contribution in [3.8, 4) is 6.07 Å². The monoisotopic (exact) mass is 306 g/mol. The van der Waals surface area contributed by atoms with Crippen molar-refractivity contribution in [3.05, 3.63) is 52.4 Å². The van der Waals surface area contributed by atoms with Crippen LogP contribution in [0.5, 0.6) is 0 Å². The minimum absolute atomic E-state index is 0.169. The molecule has 1 N–H and O–H groups in total. The van der Waals surface area contributed by atoms with Gasteiger partial charge in [-0.05, 0) is 29.7 Å². The SMILES string of the molecule is CCc1ccccc1CNS(=O)(=O)c1ccc(C#N)s1. The van der Waals surface area contributed by atoms with Crippen molar-refractivity contribution in [2.75, 3.05) is 0 Å². The van der Waals surface area contributed by atoms with Gasteiger partial charge in [-0.3, -0.25) is 0 Å². The van der Waals surface area contributed by atoms with Gasteiger partial charge in [-0.1, -0.05) is 31.2 Å². The van der Waals surface area contributed by atoms with Crippen LogP contribution in [0.25, 0.3) is 0 Å². The van der Waals surface area contributed by atoms with Crippen LogP contribution in [0.3, 0.4) is 0 Å². The van der Waals surface area contributed by atoms with Crippen LogP contribution >= 0.6 is 11.3 Å². The average molecular weight is 306 g/mol. The van der Waals surface area contributed by atoms with Crippen LogP contribution in [0, 0.1) is 11.3 Å². The lowest BCUT2D eigenvalue weighted by Gasteiger charge is -2.08. The van der Waals surface area contributed by atoms with Gasteiger partial charge in [-0.2, -0.15) is 5.26 Å². The van der Waals surface area contributed by atoms with E-state index in [1.54, 1.807) is 0 Å². The van der Waals surface area contributed by atoms with Gasteiger partial charge >= 0.3 is 0 Å². The molecule has 0 unspecified atom stereocenters. The maximum absolute atomic E-state index is 12.1. The summed E-state index contributed by atoms with van der Waals surface area (Å²) in [5.74, 6) is 0. The van der Waals surface area contributed by atoms with E-state index >= 15 is 0 Å². The van der Waals surface area contributed by atoms with Crippen LogP contribution in [0.2, 0.25) is 0 Å². The van der Waals surface area contributed by atoms with E-state index in [1.165, 1.54) is 12.1 Å². The van der Waals surface area contributed by atoms with Crippen molar-refractivity contribution in [2.45, 2.75) is 24.1 Å². The van der Waals surface area contributed by atoms with E-state index in [0.29, 0.717) is 4.88 Å². The molecule has 1 heterocycles. The van der Waals surface area contributed by atoms with Crippen LogP contribution in [-0.4, -0.2) is 8.42 Å². The lowest BCUT2D eigenvalue weighted by atomic mass is 10.1. The molecule has 1 aromatic carbocycles. The van der Waals surface area contributed by atoms with Crippen LogP contribution in [-0.2, 0) is 23.0 Å². The molecule has 0 amide bonds. The second-order valence-electron chi connectivity index (χ2n) is 4.18. The summed E-state index contributed by atoms with van der Waals surface area (Å²) >= 11 is 0.973. The molecule has 6 heteroatoms. The summed E-state index contributed by atoms with van der Waals surface area (Å²) in [5.41, 5.74) is 2.09. The Kier molecular flexibility index (Phi) is 4.55. The van der Waals surface area contributed by atoms with E-state index in [2.05, 4.69) is 4.72 Å². The Morgan fingerprint density at radius 2 is 1.90 bits per heavy atom. The molecule has 0 aliphatic carbocycles. The fourth-order valence-electron chi connectivity index (χ4n) is 1.84. The van der Waals surface area contributed by atoms with Gasteiger partial charge in [-0.15, -0.1) is 11.3 Å². The predicted molar refractivity (Wildman–Crippen MR) is 78.9 cm³/mol. The largest absolute Gasteiger partial charge is 0.250 e. The fraction of sp³-hybridized carbons (Fsp3) is 0.214. The van der Waals surface area contributed by atoms with E-state index in [0.717, 1.165) is 28.9 Å². The molecule has 0 fully saturated rings. The molecule has 0 aliphatic rings. The van der Waals surface area contributed by atoms with Gasteiger partial charge in [-0.25, -0.2) is 13.1 Å². The van der Waals surface area contributed by atoms with Crippen molar-refractivity contribution >= 4 is 21.4 Å². The van der Waals surface area contributed by atoms with Gasteiger partial charge in [0.2, 0.25) is 10.0 Å². The Morgan fingerprint density at radius 3 is 2.50 bits per heavy atom. The zero-order valence-electron chi connectivity index (χ0n) is 11.0. The number of thiophene rings is 1. The molecular weight excluding hydrogens is 292 g/mol. The van der Waals surface area contributed by atoms with E-state index in [-0.39, 0.29) is 10.8 Å². The molecule has 2 aromatic rings. The number of nitrogens with zero attached hydrogens (tertiary/aromatic N) is 1. The fourth-order valence-corrected chi connectivity index (χ4v) is 4.00. The Labute approximate surface area is 122 Å². The molecule has 0 saturated carbocycles. The highest BCUT2D eigenvalue weighted by molar-refractivity contribution is 7.91. The molecule has 20 heavy (non-hydrogen) atoms. The van der Waals surface area contributed by atoms with Crippen molar-refractivity contribution in [2.24, 2.45) is 0 Å². The molecule has 2 rings (SSSR count). The van der Waals surface area contributed by atoms with Gasteiger partial charge < -0.3 is 0 Å². The second kappa shape index (κ2) is 6.18. The number of hydrogen-bond acceptors (Lipinski definition) is 4. The van der Waals surface area contributed by atoms with Gasteiger partial charge in [0.1, 0.15) is 15.2 Å². The van der Waals surface area contributed by atoms with Crippen LogP contribution in [0.1, 0.15) is 22.9 Å². The molecule has 0 saturated heterocycles. The highest BCUT2D eigenvalue weighted by Gasteiger charge is 2.16. The standard InChI is InChI=1S/C14H14N2O2S2/c1-2-11-5-3-4-6-12(11)10-16-20(17,18)14-8-7-13(9-15)19-14/h3-8,16H,2,10H2,1H3. The van der Waals surface area contributed by atoms with Crippen molar-refractivity contribution in [1.82, 2.24) is 4.72 Å². The minimum Gasteiger partial charge on any atom is -0.206 e. The van der Waals surface area contributed by atoms with E-state index in [4.69, 9.17) is 5.26 Å². The highest BCUT2D eigenvalue weighted by Crippen LogP contribution is 2.21. The topological polar surface area (TPSA) is 70.0 Å². The van der Waals surface area contributed by atoms with Gasteiger partial charge in [0, 0.05) is 6.54 Å². The second-order valence-corrected chi connectivity index (χ2v) is 7.25. The van der Waals surface area contributed by atoms with Crippen LogP contribution < -0.4 is 4.72 Å². The first-order chi connectivity index (χ1) is 9.56. The highest BCUT2D eigenvalue weighted by atomic mass is 32.2. The lowest BCUT2D eigenvalue weighted by molar-refractivity contribution is 0.583. The maximum Gasteiger partial charge on any atom is 0.250 e. The van der Waals surface area contributed by atoms with Crippen LogP contribution in [0.15, 0.2) is 40.6 Å². The summed E-state index contributed by atoms with van der Waals surface area (Å²) in [6, 6.07) is 12.6. The third-order valence-corrected chi connectivity index (χ3v) is 5.79. The normalized spacial score (nSPS) is 11.2. The molecule has 0 aliphatic heterocycles. The summed E-state index contributed by atoms with van der Waals surface area (Å²) in [4.78, 5) is 0.388.